The van der Waals surface area contributed by atoms with Gasteiger partial charge in [0.2, 0.25) is 0 Å². The lowest BCUT2D eigenvalue weighted by atomic mass is 10.0. The Kier molecular flexibility index (Phi) is 3.37. The van der Waals surface area contributed by atoms with Gasteiger partial charge in [0.25, 0.3) is 0 Å². The first-order valence-corrected chi connectivity index (χ1v) is 5.43. The van der Waals surface area contributed by atoms with E-state index >= 15 is 0 Å². The van der Waals surface area contributed by atoms with Gasteiger partial charge in [0, 0.05) is 17.5 Å². The molecule has 2 rings (SSSR count). The van der Waals surface area contributed by atoms with Gasteiger partial charge < -0.3 is 4.74 Å². The molecule has 0 bridgehead atoms. The Balaban J connectivity index is 2.52. The third kappa shape index (κ3) is 2.22. The van der Waals surface area contributed by atoms with Crippen LogP contribution in [0.4, 0.5) is 4.39 Å². The quantitative estimate of drug-likeness (QED) is 0.780. The van der Waals surface area contributed by atoms with E-state index in [1.165, 1.54) is 25.3 Å². The van der Waals surface area contributed by atoms with Crippen LogP contribution in [0.3, 0.4) is 0 Å². The van der Waals surface area contributed by atoms with Gasteiger partial charge in [-0.15, -0.1) is 0 Å². The highest BCUT2D eigenvalue weighted by atomic mass is 19.1. The molecule has 1 aromatic heterocycles. The monoisotopic (exact) mass is 245 g/mol. The Bertz CT molecular complexity index is 596. The molecule has 1 heterocycles. The molecule has 0 amide bonds. The molecule has 18 heavy (non-hydrogen) atoms. The molecule has 92 valence electrons. The van der Waals surface area contributed by atoms with Crippen LogP contribution in [0.1, 0.15) is 21.6 Å². The summed E-state index contributed by atoms with van der Waals surface area (Å²) in [5, 5.41) is 0. The van der Waals surface area contributed by atoms with Gasteiger partial charge in [0.15, 0.2) is 5.78 Å². The molecule has 3 nitrogen and oxygen atoms in total. The number of ketones is 1. The van der Waals surface area contributed by atoms with Crippen molar-refractivity contribution in [1.82, 2.24) is 4.98 Å². The van der Waals surface area contributed by atoms with Gasteiger partial charge >= 0.3 is 0 Å². The number of pyridine rings is 1. The van der Waals surface area contributed by atoms with Crippen molar-refractivity contribution >= 4 is 5.78 Å². The van der Waals surface area contributed by atoms with Crippen molar-refractivity contribution < 1.29 is 13.9 Å². The van der Waals surface area contributed by atoms with Crippen molar-refractivity contribution in [3.05, 3.63) is 59.2 Å². The van der Waals surface area contributed by atoms with Crippen LogP contribution < -0.4 is 4.74 Å². The highest BCUT2D eigenvalue weighted by Crippen LogP contribution is 2.23. The molecule has 0 saturated carbocycles. The van der Waals surface area contributed by atoms with E-state index in [4.69, 9.17) is 4.74 Å². The summed E-state index contributed by atoms with van der Waals surface area (Å²) in [5.74, 6) is -0.415. The summed E-state index contributed by atoms with van der Waals surface area (Å²) in [7, 11) is 1.44. The van der Waals surface area contributed by atoms with Crippen LogP contribution in [0.25, 0.3) is 0 Å². The fraction of sp³-hybridized carbons (Fsp3) is 0.143. The number of nitrogens with zero attached hydrogens (tertiary/aromatic N) is 1. The number of rotatable bonds is 3. The average Bonchev–Trinajstić information content (AvgIpc) is 2.38. The predicted molar refractivity (Wildman–Crippen MR) is 65.4 cm³/mol. The van der Waals surface area contributed by atoms with E-state index in [1.807, 2.05) is 0 Å². The van der Waals surface area contributed by atoms with Gasteiger partial charge in [-0.05, 0) is 37.3 Å². The summed E-state index contributed by atoms with van der Waals surface area (Å²) < 4.78 is 18.3. The second-order valence-electron chi connectivity index (χ2n) is 3.81. The van der Waals surface area contributed by atoms with Crippen molar-refractivity contribution in [3.8, 4) is 5.75 Å². The zero-order valence-electron chi connectivity index (χ0n) is 10.1. The van der Waals surface area contributed by atoms with Crippen molar-refractivity contribution in [3.63, 3.8) is 0 Å². The highest BCUT2D eigenvalue weighted by Gasteiger charge is 2.17. The highest BCUT2D eigenvalue weighted by molar-refractivity contribution is 6.11. The number of hydrogen-bond donors (Lipinski definition) is 0. The minimum atomic E-state index is -0.472. The predicted octanol–water partition coefficient (Wildman–Crippen LogP) is 2.77. The third-order valence-electron chi connectivity index (χ3n) is 2.66. The van der Waals surface area contributed by atoms with Gasteiger partial charge in [-0.1, -0.05) is 0 Å². The lowest BCUT2D eigenvalue weighted by molar-refractivity contribution is 0.103. The molecule has 0 radical (unpaired) electrons. The number of benzene rings is 1. The Morgan fingerprint density at radius 1 is 1.28 bits per heavy atom. The fourth-order valence-electron chi connectivity index (χ4n) is 1.73. The number of carbonyl (C=O) groups excluding carboxylic acids is 1. The number of hydrogen-bond acceptors (Lipinski definition) is 3. The van der Waals surface area contributed by atoms with Crippen LogP contribution in [-0.2, 0) is 0 Å². The molecule has 0 spiro atoms. The van der Waals surface area contributed by atoms with Crippen LogP contribution in [-0.4, -0.2) is 17.9 Å². The molecule has 4 heteroatoms. The molecule has 0 unspecified atom stereocenters. The Labute approximate surface area is 104 Å². The first kappa shape index (κ1) is 12.2. The van der Waals surface area contributed by atoms with Crippen LogP contribution >= 0.6 is 0 Å². The van der Waals surface area contributed by atoms with E-state index in [1.54, 1.807) is 25.3 Å². The van der Waals surface area contributed by atoms with Gasteiger partial charge in [-0.2, -0.15) is 0 Å². The first-order valence-electron chi connectivity index (χ1n) is 5.43. The number of carbonyl (C=O) groups is 1. The number of aromatic nitrogens is 1. The second-order valence-corrected chi connectivity index (χ2v) is 3.81. The maximum atomic E-state index is 13.2. The number of methoxy groups -OCH3 is 1. The molecule has 0 atom stereocenters. The van der Waals surface area contributed by atoms with E-state index < -0.39 is 5.82 Å². The van der Waals surface area contributed by atoms with Crippen LogP contribution in [0.2, 0.25) is 0 Å². The minimum Gasteiger partial charge on any atom is -0.496 e. The SMILES string of the molecule is COc1ccc(F)cc1C(=O)c1cccnc1C. The molecule has 0 saturated heterocycles. The molecule has 1 aromatic carbocycles. The summed E-state index contributed by atoms with van der Waals surface area (Å²) in [6.07, 6.45) is 1.61. The smallest absolute Gasteiger partial charge is 0.198 e. The van der Waals surface area contributed by atoms with Crippen molar-refractivity contribution in [2.75, 3.05) is 7.11 Å². The molecule has 0 N–H and O–H groups in total. The summed E-state index contributed by atoms with van der Waals surface area (Å²) >= 11 is 0. The van der Waals surface area contributed by atoms with E-state index in [9.17, 15) is 9.18 Å². The number of halogens is 1. The zero-order valence-corrected chi connectivity index (χ0v) is 10.1. The van der Waals surface area contributed by atoms with E-state index in [0.717, 1.165) is 0 Å². The lowest BCUT2D eigenvalue weighted by Crippen LogP contribution is -2.07. The van der Waals surface area contributed by atoms with Gasteiger partial charge in [-0.25, -0.2) is 4.39 Å². The number of aryl methyl sites for hydroxylation is 1. The zero-order chi connectivity index (χ0) is 13.1. The standard InChI is InChI=1S/C14H12FNO2/c1-9-11(4-3-7-16-9)14(17)12-8-10(15)5-6-13(12)18-2/h3-8H,1-2H3. The normalized spacial score (nSPS) is 10.2. The summed E-state index contributed by atoms with van der Waals surface area (Å²) in [4.78, 5) is 16.4. The van der Waals surface area contributed by atoms with Gasteiger partial charge in [0.1, 0.15) is 11.6 Å². The number of ether oxygens (including phenoxy) is 1. The van der Waals surface area contributed by atoms with E-state index in [-0.39, 0.29) is 11.3 Å². The van der Waals surface area contributed by atoms with Crippen molar-refractivity contribution in [2.24, 2.45) is 0 Å². The maximum Gasteiger partial charge on any atom is 0.198 e. The topological polar surface area (TPSA) is 39.2 Å². The fourth-order valence-corrected chi connectivity index (χ4v) is 1.73. The molecule has 0 aliphatic rings. The summed E-state index contributed by atoms with van der Waals surface area (Å²) in [6, 6.07) is 7.20. The first-order chi connectivity index (χ1) is 8.63. The van der Waals surface area contributed by atoms with Gasteiger partial charge in [-0.3, -0.25) is 9.78 Å². The van der Waals surface area contributed by atoms with Gasteiger partial charge in [0.05, 0.1) is 12.7 Å². The van der Waals surface area contributed by atoms with Crippen molar-refractivity contribution in [1.29, 1.82) is 0 Å². The molecule has 2 aromatic rings. The van der Waals surface area contributed by atoms with Crippen LogP contribution in [0.5, 0.6) is 5.75 Å². The Morgan fingerprint density at radius 2 is 2.06 bits per heavy atom. The molecular weight excluding hydrogens is 233 g/mol. The minimum absolute atomic E-state index is 0.202. The Morgan fingerprint density at radius 3 is 2.72 bits per heavy atom. The van der Waals surface area contributed by atoms with Crippen molar-refractivity contribution in [2.45, 2.75) is 6.92 Å². The lowest BCUT2D eigenvalue weighted by Gasteiger charge is -2.08. The van der Waals surface area contributed by atoms with E-state index in [0.29, 0.717) is 17.0 Å². The largest absolute Gasteiger partial charge is 0.496 e. The van der Waals surface area contributed by atoms with Crippen LogP contribution in [0, 0.1) is 12.7 Å². The molecular formula is C14H12FNO2. The van der Waals surface area contributed by atoms with Crippen LogP contribution in [0.15, 0.2) is 36.5 Å². The second kappa shape index (κ2) is 4.96. The van der Waals surface area contributed by atoms with E-state index in [2.05, 4.69) is 4.98 Å². The Hall–Kier alpha value is -2.23. The maximum absolute atomic E-state index is 13.2. The summed E-state index contributed by atoms with van der Waals surface area (Å²) in [5.41, 5.74) is 1.25. The summed E-state index contributed by atoms with van der Waals surface area (Å²) in [6.45, 7) is 1.74. The average molecular weight is 245 g/mol. The molecule has 0 aliphatic heterocycles. The molecule has 0 fully saturated rings. The molecule has 0 aliphatic carbocycles. The third-order valence-corrected chi connectivity index (χ3v) is 2.66.